The zero-order valence-corrected chi connectivity index (χ0v) is 9.80. The van der Waals surface area contributed by atoms with Crippen LogP contribution in [0.15, 0.2) is 12.3 Å². The molecule has 6 heteroatoms. The van der Waals surface area contributed by atoms with E-state index in [0.29, 0.717) is 13.1 Å². The lowest BCUT2D eigenvalue weighted by atomic mass is 10.2. The number of ether oxygens (including phenoxy) is 1. The van der Waals surface area contributed by atoms with E-state index in [-0.39, 0.29) is 29.5 Å². The fourth-order valence-electron chi connectivity index (χ4n) is 2.58. The minimum Gasteiger partial charge on any atom is -0.381 e. The van der Waals surface area contributed by atoms with Gasteiger partial charge in [0.1, 0.15) is 0 Å². The summed E-state index contributed by atoms with van der Waals surface area (Å²) in [6.45, 7) is 1.05. The smallest absolute Gasteiger partial charge is 0.257 e. The Labute approximate surface area is 104 Å². The zero-order chi connectivity index (χ0) is 12.7. The lowest BCUT2D eigenvalue weighted by Gasteiger charge is -2.32. The van der Waals surface area contributed by atoms with Crippen molar-refractivity contribution in [2.24, 2.45) is 0 Å². The third-order valence-electron chi connectivity index (χ3n) is 3.48. The van der Waals surface area contributed by atoms with Crippen LogP contribution in [0.2, 0.25) is 0 Å². The fourth-order valence-corrected chi connectivity index (χ4v) is 2.58. The molecule has 2 bridgehead atoms. The Morgan fingerprint density at radius 2 is 2.11 bits per heavy atom. The van der Waals surface area contributed by atoms with E-state index < -0.39 is 5.82 Å². The van der Waals surface area contributed by atoms with Gasteiger partial charge in [0.05, 0.1) is 17.8 Å². The number of hydrogen-bond donors (Lipinski definition) is 1. The number of amides is 1. The number of morpholine rings is 1. The predicted molar refractivity (Wildman–Crippen MR) is 62.4 cm³/mol. The number of hydrogen-bond acceptors (Lipinski definition) is 4. The average Bonchev–Trinajstić information content (AvgIpc) is 2.71. The van der Waals surface area contributed by atoms with Gasteiger partial charge in [-0.25, -0.2) is 9.37 Å². The highest BCUT2D eigenvalue weighted by Gasteiger charge is 2.36. The molecule has 1 aromatic rings. The minimum absolute atomic E-state index is 0.0104. The number of nitrogens with two attached hydrogens (primary N) is 1. The first-order valence-electron chi connectivity index (χ1n) is 6.00. The molecular weight excluding hydrogens is 237 g/mol. The van der Waals surface area contributed by atoms with Crippen molar-refractivity contribution < 1.29 is 13.9 Å². The Bertz CT molecular complexity index is 482. The molecule has 3 rings (SSSR count). The molecular formula is C12H14FN3O2. The lowest BCUT2D eigenvalue weighted by Crippen LogP contribution is -2.46. The summed E-state index contributed by atoms with van der Waals surface area (Å²) in [5.41, 5.74) is 5.36. The van der Waals surface area contributed by atoms with Crippen molar-refractivity contribution >= 4 is 11.7 Å². The van der Waals surface area contributed by atoms with Crippen LogP contribution in [-0.4, -0.2) is 41.1 Å². The molecule has 0 aromatic carbocycles. The van der Waals surface area contributed by atoms with Crippen LogP contribution < -0.4 is 5.73 Å². The maximum Gasteiger partial charge on any atom is 0.257 e. The summed E-state index contributed by atoms with van der Waals surface area (Å²) in [6, 6.07) is 1.37. The van der Waals surface area contributed by atoms with Crippen molar-refractivity contribution in [2.45, 2.75) is 25.0 Å². The molecule has 2 saturated heterocycles. The predicted octanol–water partition coefficient (Wildman–Crippen LogP) is 0.806. The van der Waals surface area contributed by atoms with E-state index in [1.165, 1.54) is 12.3 Å². The molecule has 2 N–H and O–H groups in total. The molecule has 1 amide bonds. The van der Waals surface area contributed by atoms with Crippen LogP contribution in [0.5, 0.6) is 0 Å². The molecule has 1 aromatic heterocycles. The Balaban J connectivity index is 1.84. The van der Waals surface area contributed by atoms with Gasteiger partial charge < -0.3 is 15.4 Å². The standard InChI is InChI=1S/C12H14FN3O2/c13-10-9(3-4-15-11(10)14)12(17)16-5-7-1-2-8(6-16)18-7/h3-4,7-8H,1-2,5-6H2,(H2,14,15). The topological polar surface area (TPSA) is 68.5 Å². The Kier molecular flexibility index (Phi) is 2.66. The van der Waals surface area contributed by atoms with Crippen LogP contribution in [0.25, 0.3) is 0 Å². The number of nitrogen functional groups attached to an aromatic ring is 1. The second-order valence-corrected chi connectivity index (χ2v) is 4.73. The highest BCUT2D eigenvalue weighted by Crippen LogP contribution is 2.27. The van der Waals surface area contributed by atoms with Gasteiger partial charge in [-0.3, -0.25) is 4.79 Å². The molecule has 0 radical (unpaired) electrons. The third kappa shape index (κ3) is 1.82. The number of aromatic nitrogens is 1. The maximum absolute atomic E-state index is 13.8. The van der Waals surface area contributed by atoms with E-state index in [1.54, 1.807) is 4.90 Å². The van der Waals surface area contributed by atoms with Crippen molar-refractivity contribution in [3.8, 4) is 0 Å². The molecule has 0 saturated carbocycles. The maximum atomic E-state index is 13.8. The number of carbonyl (C=O) groups excluding carboxylic acids is 1. The van der Waals surface area contributed by atoms with Crippen molar-refractivity contribution in [3.63, 3.8) is 0 Å². The Morgan fingerprint density at radius 1 is 1.44 bits per heavy atom. The molecule has 18 heavy (non-hydrogen) atoms. The van der Waals surface area contributed by atoms with Gasteiger partial charge in [-0.05, 0) is 18.9 Å². The van der Waals surface area contributed by atoms with Gasteiger partial charge in [0, 0.05) is 19.3 Å². The molecule has 2 fully saturated rings. The van der Waals surface area contributed by atoms with Crippen LogP contribution in [-0.2, 0) is 4.74 Å². The van der Waals surface area contributed by atoms with E-state index in [9.17, 15) is 9.18 Å². The first-order chi connectivity index (χ1) is 8.65. The molecule has 2 aliphatic heterocycles. The number of rotatable bonds is 1. The third-order valence-corrected chi connectivity index (χ3v) is 3.48. The van der Waals surface area contributed by atoms with E-state index in [4.69, 9.17) is 10.5 Å². The van der Waals surface area contributed by atoms with Crippen LogP contribution >= 0.6 is 0 Å². The van der Waals surface area contributed by atoms with Crippen LogP contribution in [0, 0.1) is 5.82 Å². The van der Waals surface area contributed by atoms with Crippen LogP contribution in [0.4, 0.5) is 10.2 Å². The number of fused-ring (bicyclic) bond motifs is 2. The second kappa shape index (κ2) is 4.20. The average molecular weight is 251 g/mol. The largest absolute Gasteiger partial charge is 0.381 e. The molecule has 0 aliphatic carbocycles. The summed E-state index contributed by atoms with van der Waals surface area (Å²) in [5, 5.41) is 0. The molecule has 0 spiro atoms. The van der Waals surface area contributed by atoms with Gasteiger partial charge >= 0.3 is 0 Å². The van der Waals surface area contributed by atoms with Crippen molar-refractivity contribution in [3.05, 3.63) is 23.6 Å². The lowest BCUT2D eigenvalue weighted by molar-refractivity contribution is -0.0304. The summed E-state index contributed by atoms with van der Waals surface area (Å²) < 4.78 is 19.4. The Hall–Kier alpha value is -1.69. The quantitative estimate of drug-likeness (QED) is 0.801. The van der Waals surface area contributed by atoms with E-state index >= 15 is 0 Å². The van der Waals surface area contributed by atoms with Gasteiger partial charge in [0.25, 0.3) is 5.91 Å². The van der Waals surface area contributed by atoms with Gasteiger partial charge in [-0.1, -0.05) is 0 Å². The Morgan fingerprint density at radius 3 is 2.78 bits per heavy atom. The fraction of sp³-hybridized carbons (Fsp3) is 0.500. The summed E-state index contributed by atoms with van der Waals surface area (Å²) in [5.74, 6) is -1.31. The first-order valence-corrected chi connectivity index (χ1v) is 6.00. The first kappa shape index (κ1) is 11.4. The van der Waals surface area contributed by atoms with Gasteiger partial charge in [0.15, 0.2) is 11.6 Å². The molecule has 96 valence electrons. The number of halogens is 1. The number of anilines is 1. The SMILES string of the molecule is Nc1nccc(C(=O)N2CC3CCC(C2)O3)c1F. The normalized spacial score (nSPS) is 26.4. The van der Waals surface area contributed by atoms with E-state index in [1.807, 2.05) is 0 Å². The number of pyridine rings is 1. The van der Waals surface area contributed by atoms with Gasteiger partial charge in [-0.15, -0.1) is 0 Å². The second-order valence-electron chi connectivity index (χ2n) is 4.73. The molecule has 2 aliphatic rings. The van der Waals surface area contributed by atoms with Crippen LogP contribution in [0.1, 0.15) is 23.2 Å². The van der Waals surface area contributed by atoms with E-state index in [2.05, 4.69) is 4.98 Å². The van der Waals surface area contributed by atoms with Gasteiger partial charge in [0.2, 0.25) is 0 Å². The summed E-state index contributed by atoms with van der Waals surface area (Å²) in [7, 11) is 0. The minimum atomic E-state index is -0.735. The molecule has 2 atom stereocenters. The molecule has 3 heterocycles. The van der Waals surface area contributed by atoms with Crippen molar-refractivity contribution in [1.29, 1.82) is 0 Å². The molecule has 5 nitrogen and oxygen atoms in total. The van der Waals surface area contributed by atoms with Crippen molar-refractivity contribution in [1.82, 2.24) is 9.88 Å². The van der Waals surface area contributed by atoms with E-state index in [0.717, 1.165) is 12.8 Å². The zero-order valence-electron chi connectivity index (χ0n) is 9.80. The van der Waals surface area contributed by atoms with Gasteiger partial charge in [-0.2, -0.15) is 0 Å². The number of carbonyl (C=O) groups is 1. The number of likely N-dealkylation sites (tertiary alicyclic amines) is 1. The van der Waals surface area contributed by atoms with Crippen LogP contribution in [0.3, 0.4) is 0 Å². The summed E-state index contributed by atoms with van der Waals surface area (Å²) in [6.07, 6.45) is 3.47. The highest BCUT2D eigenvalue weighted by molar-refractivity contribution is 5.95. The highest BCUT2D eigenvalue weighted by atomic mass is 19.1. The molecule has 2 unspecified atom stereocenters. The number of nitrogens with zero attached hydrogens (tertiary/aromatic N) is 2. The van der Waals surface area contributed by atoms with Crippen molar-refractivity contribution in [2.75, 3.05) is 18.8 Å². The summed E-state index contributed by atoms with van der Waals surface area (Å²) >= 11 is 0. The monoisotopic (exact) mass is 251 g/mol. The summed E-state index contributed by atoms with van der Waals surface area (Å²) in [4.78, 5) is 17.5.